The summed E-state index contributed by atoms with van der Waals surface area (Å²) in [6, 6.07) is 0.470. The lowest BCUT2D eigenvalue weighted by Crippen LogP contribution is -2.66. The van der Waals surface area contributed by atoms with Crippen molar-refractivity contribution in [2.24, 2.45) is 11.3 Å². The molecule has 0 aromatic carbocycles. The van der Waals surface area contributed by atoms with Gasteiger partial charge in [-0.3, -0.25) is 4.90 Å². The number of ether oxygens (including phenoxy) is 2. The Kier molecular flexibility index (Phi) is 3.54. The minimum absolute atomic E-state index is 0.0269. The number of rotatable bonds is 1. The van der Waals surface area contributed by atoms with Crippen LogP contribution in [0.25, 0.3) is 0 Å². The fourth-order valence-corrected chi connectivity index (χ4v) is 3.31. The SMILES string of the molecule is CC(C)C1(C(C)(C)C)CN2CCOCC2CO1. The van der Waals surface area contributed by atoms with E-state index in [1.54, 1.807) is 0 Å². The van der Waals surface area contributed by atoms with Crippen molar-refractivity contribution in [3.8, 4) is 0 Å². The zero-order chi connectivity index (χ0) is 12.7. The Morgan fingerprint density at radius 1 is 1.24 bits per heavy atom. The van der Waals surface area contributed by atoms with Gasteiger partial charge in [0.2, 0.25) is 0 Å². The second-order valence-electron chi connectivity index (χ2n) is 6.80. The van der Waals surface area contributed by atoms with Crippen LogP contribution in [0.3, 0.4) is 0 Å². The molecule has 2 aliphatic heterocycles. The molecule has 3 nitrogen and oxygen atoms in total. The van der Waals surface area contributed by atoms with Crippen molar-refractivity contribution >= 4 is 0 Å². The highest BCUT2D eigenvalue weighted by Crippen LogP contribution is 2.43. The van der Waals surface area contributed by atoms with Crippen LogP contribution in [0, 0.1) is 11.3 Å². The van der Waals surface area contributed by atoms with E-state index in [-0.39, 0.29) is 11.0 Å². The first kappa shape index (κ1) is 13.3. The van der Waals surface area contributed by atoms with Gasteiger partial charge < -0.3 is 9.47 Å². The van der Waals surface area contributed by atoms with E-state index in [9.17, 15) is 0 Å². The van der Waals surface area contributed by atoms with E-state index in [1.165, 1.54) is 0 Å². The van der Waals surface area contributed by atoms with Gasteiger partial charge in [0.15, 0.2) is 0 Å². The molecule has 0 aromatic heterocycles. The van der Waals surface area contributed by atoms with E-state index < -0.39 is 0 Å². The maximum Gasteiger partial charge on any atom is 0.0880 e. The predicted molar refractivity (Wildman–Crippen MR) is 69.2 cm³/mol. The van der Waals surface area contributed by atoms with Crippen LogP contribution >= 0.6 is 0 Å². The Balaban J connectivity index is 2.19. The van der Waals surface area contributed by atoms with Gasteiger partial charge in [0.1, 0.15) is 0 Å². The molecule has 0 amide bonds. The van der Waals surface area contributed by atoms with Crippen LogP contribution in [0.2, 0.25) is 0 Å². The molecule has 2 aliphatic rings. The third-order valence-electron chi connectivity index (χ3n) is 4.52. The van der Waals surface area contributed by atoms with Crippen LogP contribution in [-0.2, 0) is 9.47 Å². The van der Waals surface area contributed by atoms with Gasteiger partial charge in [-0.15, -0.1) is 0 Å². The largest absolute Gasteiger partial charge is 0.378 e. The zero-order valence-corrected chi connectivity index (χ0v) is 12.0. The zero-order valence-electron chi connectivity index (χ0n) is 12.0. The Morgan fingerprint density at radius 3 is 2.53 bits per heavy atom. The summed E-state index contributed by atoms with van der Waals surface area (Å²) >= 11 is 0. The first-order chi connectivity index (χ1) is 7.87. The molecule has 2 heterocycles. The van der Waals surface area contributed by atoms with Crippen molar-refractivity contribution in [3.05, 3.63) is 0 Å². The maximum absolute atomic E-state index is 6.34. The second kappa shape index (κ2) is 4.52. The van der Waals surface area contributed by atoms with E-state index in [2.05, 4.69) is 39.5 Å². The summed E-state index contributed by atoms with van der Waals surface area (Å²) in [5.74, 6) is 0.534. The smallest absolute Gasteiger partial charge is 0.0880 e. The third kappa shape index (κ3) is 2.25. The molecule has 2 rings (SSSR count). The summed E-state index contributed by atoms with van der Waals surface area (Å²) in [4.78, 5) is 2.57. The highest BCUT2D eigenvalue weighted by Gasteiger charge is 2.50. The molecule has 17 heavy (non-hydrogen) atoms. The Bertz CT molecular complexity index is 272. The summed E-state index contributed by atoms with van der Waals surface area (Å²) < 4.78 is 11.9. The molecular formula is C14H27NO2. The number of hydrogen-bond acceptors (Lipinski definition) is 3. The van der Waals surface area contributed by atoms with Crippen LogP contribution in [0.15, 0.2) is 0 Å². The summed E-state index contributed by atoms with van der Waals surface area (Å²) in [7, 11) is 0. The quantitative estimate of drug-likeness (QED) is 0.702. The minimum Gasteiger partial charge on any atom is -0.378 e. The third-order valence-corrected chi connectivity index (χ3v) is 4.52. The monoisotopic (exact) mass is 241 g/mol. The molecule has 2 fully saturated rings. The molecule has 0 aromatic rings. The van der Waals surface area contributed by atoms with Gasteiger partial charge in [0.25, 0.3) is 0 Å². The first-order valence-corrected chi connectivity index (χ1v) is 6.82. The Morgan fingerprint density at radius 2 is 1.94 bits per heavy atom. The Hall–Kier alpha value is -0.120. The Labute approximate surface area is 105 Å². The maximum atomic E-state index is 6.34. The van der Waals surface area contributed by atoms with Crippen LogP contribution in [0.5, 0.6) is 0 Å². The molecule has 0 bridgehead atoms. The minimum atomic E-state index is -0.0269. The lowest BCUT2D eigenvalue weighted by molar-refractivity contribution is -0.223. The molecule has 3 heteroatoms. The van der Waals surface area contributed by atoms with Crippen molar-refractivity contribution in [2.75, 3.05) is 32.9 Å². The van der Waals surface area contributed by atoms with Crippen molar-refractivity contribution < 1.29 is 9.47 Å². The van der Waals surface area contributed by atoms with Crippen LogP contribution in [0.1, 0.15) is 34.6 Å². The van der Waals surface area contributed by atoms with Crippen molar-refractivity contribution in [1.82, 2.24) is 4.90 Å². The summed E-state index contributed by atoms with van der Waals surface area (Å²) in [6.07, 6.45) is 0. The number of fused-ring (bicyclic) bond motifs is 1. The van der Waals surface area contributed by atoms with E-state index in [4.69, 9.17) is 9.47 Å². The standard InChI is InChI=1S/C14H27NO2/c1-11(2)14(13(3,4)5)10-15-6-7-16-8-12(15)9-17-14/h11-12H,6-10H2,1-5H3. The predicted octanol–water partition coefficient (Wildman–Crippen LogP) is 2.16. The van der Waals surface area contributed by atoms with Crippen LogP contribution < -0.4 is 0 Å². The molecule has 2 unspecified atom stereocenters. The fraction of sp³-hybridized carbons (Fsp3) is 1.00. The lowest BCUT2D eigenvalue weighted by Gasteiger charge is -2.56. The molecule has 0 radical (unpaired) electrons. The first-order valence-electron chi connectivity index (χ1n) is 6.82. The van der Waals surface area contributed by atoms with E-state index in [1.807, 2.05) is 0 Å². The van der Waals surface area contributed by atoms with Gasteiger partial charge >= 0.3 is 0 Å². The molecule has 2 atom stereocenters. The molecule has 0 N–H and O–H groups in total. The topological polar surface area (TPSA) is 21.7 Å². The highest BCUT2D eigenvalue weighted by molar-refractivity contribution is 5.01. The van der Waals surface area contributed by atoms with Gasteiger partial charge in [-0.1, -0.05) is 34.6 Å². The van der Waals surface area contributed by atoms with Gasteiger partial charge in [-0.05, 0) is 11.3 Å². The molecule has 100 valence electrons. The summed E-state index contributed by atoms with van der Waals surface area (Å²) in [6.45, 7) is 16.1. The van der Waals surface area contributed by atoms with Gasteiger partial charge in [-0.25, -0.2) is 0 Å². The van der Waals surface area contributed by atoms with Crippen molar-refractivity contribution in [3.63, 3.8) is 0 Å². The normalized spacial score (nSPS) is 36.0. The molecule has 0 aliphatic carbocycles. The van der Waals surface area contributed by atoms with E-state index >= 15 is 0 Å². The van der Waals surface area contributed by atoms with Gasteiger partial charge in [0, 0.05) is 13.1 Å². The fourth-order valence-electron chi connectivity index (χ4n) is 3.31. The molecular weight excluding hydrogens is 214 g/mol. The number of morpholine rings is 2. The van der Waals surface area contributed by atoms with Crippen LogP contribution in [0.4, 0.5) is 0 Å². The number of nitrogens with zero attached hydrogens (tertiary/aromatic N) is 1. The molecule has 0 saturated carbocycles. The average molecular weight is 241 g/mol. The highest BCUT2D eigenvalue weighted by atomic mass is 16.5. The second-order valence-corrected chi connectivity index (χ2v) is 6.80. The van der Waals surface area contributed by atoms with E-state index in [0.29, 0.717) is 12.0 Å². The molecule has 0 spiro atoms. The van der Waals surface area contributed by atoms with Crippen molar-refractivity contribution in [1.29, 1.82) is 0 Å². The van der Waals surface area contributed by atoms with Crippen molar-refractivity contribution in [2.45, 2.75) is 46.3 Å². The molecule has 2 saturated heterocycles. The average Bonchev–Trinajstić information content (AvgIpc) is 2.26. The van der Waals surface area contributed by atoms with Gasteiger partial charge in [-0.2, -0.15) is 0 Å². The lowest BCUT2D eigenvalue weighted by atomic mass is 9.68. The number of hydrogen-bond donors (Lipinski definition) is 0. The van der Waals surface area contributed by atoms with Crippen LogP contribution in [-0.4, -0.2) is 49.5 Å². The summed E-state index contributed by atoms with van der Waals surface area (Å²) in [5, 5.41) is 0. The summed E-state index contributed by atoms with van der Waals surface area (Å²) in [5.41, 5.74) is 0.144. The van der Waals surface area contributed by atoms with Gasteiger partial charge in [0.05, 0.1) is 31.5 Å². The van der Waals surface area contributed by atoms with E-state index in [0.717, 1.165) is 32.9 Å².